The minimum Gasteiger partial charge on any atom is -0.507 e. The zero-order valence-corrected chi connectivity index (χ0v) is 18.3. The van der Waals surface area contributed by atoms with Gasteiger partial charge in [0.05, 0.1) is 18.7 Å². The van der Waals surface area contributed by atoms with Crippen LogP contribution in [0.1, 0.15) is 35.2 Å². The van der Waals surface area contributed by atoms with Crippen molar-refractivity contribution in [3.8, 4) is 5.75 Å². The Balaban J connectivity index is 1.85. The SMILES string of the molecule is CCc1ccc(C2/C(=C(\O)c3ccc(OC)c(F)c3)C(=O)C(=O)N2Cc2cccnc2)cc1. The summed E-state index contributed by atoms with van der Waals surface area (Å²) in [6.07, 6.45) is 4.08. The lowest BCUT2D eigenvalue weighted by Crippen LogP contribution is -2.29. The number of halogens is 1. The van der Waals surface area contributed by atoms with E-state index in [0.29, 0.717) is 5.56 Å². The number of Topliss-reactive ketones (excluding diaryl/α,β-unsaturated/α-hetero) is 1. The second-order valence-corrected chi connectivity index (χ2v) is 7.73. The zero-order chi connectivity index (χ0) is 23.5. The number of hydrogen-bond donors (Lipinski definition) is 1. The maximum absolute atomic E-state index is 14.3. The van der Waals surface area contributed by atoms with Crippen LogP contribution < -0.4 is 4.74 Å². The molecule has 33 heavy (non-hydrogen) atoms. The summed E-state index contributed by atoms with van der Waals surface area (Å²) < 4.78 is 19.2. The van der Waals surface area contributed by atoms with E-state index in [2.05, 4.69) is 4.98 Å². The number of ether oxygens (including phenoxy) is 1. The average Bonchev–Trinajstić information content (AvgIpc) is 3.09. The summed E-state index contributed by atoms with van der Waals surface area (Å²) in [6.45, 7) is 2.16. The van der Waals surface area contributed by atoms with E-state index in [-0.39, 0.29) is 23.4 Å². The number of carbonyl (C=O) groups is 2. The van der Waals surface area contributed by atoms with Gasteiger partial charge in [0, 0.05) is 24.5 Å². The van der Waals surface area contributed by atoms with Crippen molar-refractivity contribution < 1.29 is 23.8 Å². The number of likely N-dealkylation sites (tertiary alicyclic amines) is 1. The van der Waals surface area contributed by atoms with E-state index in [4.69, 9.17) is 4.74 Å². The van der Waals surface area contributed by atoms with Gasteiger partial charge in [-0.2, -0.15) is 0 Å². The van der Waals surface area contributed by atoms with Crippen LogP contribution in [0.15, 0.2) is 72.6 Å². The lowest BCUT2D eigenvalue weighted by molar-refractivity contribution is -0.140. The van der Waals surface area contributed by atoms with Crippen molar-refractivity contribution in [2.75, 3.05) is 7.11 Å². The van der Waals surface area contributed by atoms with E-state index in [0.717, 1.165) is 23.6 Å². The highest BCUT2D eigenvalue weighted by Gasteiger charge is 2.46. The fourth-order valence-electron chi connectivity index (χ4n) is 3.98. The molecule has 168 valence electrons. The Bertz CT molecular complexity index is 1220. The molecule has 1 atom stereocenters. The summed E-state index contributed by atoms with van der Waals surface area (Å²) in [7, 11) is 1.34. The molecule has 1 aromatic heterocycles. The van der Waals surface area contributed by atoms with Crippen LogP contribution in [0, 0.1) is 5.82 Å². The van der Waals surface area contributed by atoms with E-state index < -0.39 is 29.3 Å². The summed E-state index contributed by atoms with van der Waals surface area (Å²) in [5, 5.41) is 11.1. The molecule has 1 amide bonds. The van der Waals surface area contributed by atoms with Gasteiger partial charge in [-0.1, -0.05) is 37.3 Å². The topological polar surface area (TPSA) is 79.7 Å². The number of nitrogens with zero attached hydrogens (tertiary/aromatic N) is 2. The second kappa shape index (κ2) is 9.24. The van der Waals surface area contributed by atoms with Crippen molar-refractivity contribution >= 4 is 17.4 Å². The fourth-order valence-corrected chi connectivity index (χ4v) is 3.98. The van der Waals surface area contributed by atoms with Gasteiger partial charge in [-0.25, -0.2) is 4.39 Å². The van der Waals surface area contributed by atoms with Crippen molar-refractivity contribution in [1.29, 1.82) is 0 Å². The van der Waals surface area contributed by atoms with Crippen molar-refractivity contribution in [1.82, 2.24) is 9.88 Å². The number of amides is 1. The summed E-state index contributed by atoms with van der Waals surface area (Å²) in [4.78, 5) is 31.6. The van der Waals surface area contributed by atoms with Crippen LogP contribution in [0.2, 0.25) is 0 Å². The Labute approximate surface area is 191 Å². The van der Waals surface area contributed by atoms with Gasteiger partial charge in [0.25, 0.3) is 11.7 Å². The van der Waals surface area contributed by atoms with Crippen molar-refractivity contribution in [2.45, 2.75) is 25.9 Å². The number of aliphatic hydroxyl groups excluding tert-OH is 1. The van der Waals surface area contributed by atoms with E-state index in [9.17, 15) is 19.1 Å². The molecule has 1 aliphatic heterocycles. The molecule has 0 saturated carbocycles. The van der Waals surface area contributed by atoms with Crippen LogP contribution in [0.4, 0.5) is 4.39 Å². The molecule has 0 spiro atoms. The minimum atomic E-state index is -0.832. The van der Waals surface area contributed by atoms with Crippen molar-refractivity contribution in [3.05, 3.63) is 101 Å². The number of pyridine rings is 1. The van der Waals surface area contributed by atoms with Gasteiger partial charge in [-0.3, -0.25) is 14.6 Å². The number of hydrogen-bond acceptors (Lipinski definition) is 5. The third-order valence-electron chi connectivity index (χ3n) is 5.74. The number of aryl methyl sites for hydroxylation is 1. The molecule has 3 aromatic rings. The molecule has 4 rings (SSSR count). The molecule has 0 bridgehead atoms. The van der Waals surface area contributed by atoms with E-state index in [1.54, 1.807) is 18.5 Å². The quantitative estimate of drug-likeness (QED) is 0.345. The van der Waals surface area contributed by atoms with Crippen LogP contribution in [0.5, 0.6) is 5.75 Å². The molecule has 1 N–H and O–H groups in total. The summed E-state index contributed by atoms with van der Waals surface area (Å²) in [5.74, 6) is -2.67. The number of aromatic nitrogens is 1. The molecule has 0 aliphatic carbocycles. The van der Waals surface area contributed by atoms with E-state index in [1.165, 1.54) is 24.1 Å². The van der Waals surface area contributed by atoms with Crippen LogP contribution in [0.25, 0.3) is 5.76 Å². The largest absolute Gasteiger partial charge is 0.507 e. The first-order chi connectivity index (χ1) is 15.9. The van der Waals surface area contributed by atoms with Gasteiger partial charge < -0.3 is 14.7 Å². The smallest absolute Gasteiger partial charge is 0.295 e. The highest BCUT2D eigenvalue weighted by molar-refractivity contribution is 6.46. The second-order valence-electron chi connectivity index (χ2n) is 7.73. The Kier molecular flexibility index (Phi) is 6.22. The van der Waals surface area contributed by atoms with Gasteiger partial charge >= 0.3 is 0 Å². The van der Waals surface area contributed by atoms with Gasteiger partial charge in [0.1, 0.15) is 5.76 Å². The Morgan fingerprint density at radius 1 is 1.12 bits per heavy atom. The standard InChI is InChI=1S/C26H23FN2O4/c1-3-16-6-8-18(9-7-16)23-22(24(30)19-10-11-21(33-2)20(27)13-19)25(31)26(32)29(23)15-17-5-4-12-28-14-17/h4-14,23,30H,3,15H2,1-2H3/b24-22+. The molecule has 1 fully saturated rings. The molecule has 1 unspecified atom stereocenters. The maximum Gasteiger partial charge on any atom is 0.295 e. The van der Waals surface area contributed by atoms with E-state index >= 15 is 0 Å². The van der Waals surface area contributed by atoms with E-state index in [1.807, 2.05) is 37.3 Å². The number of aliphatic hydroxyl groups is 1. The predicted molar refractivity (Wildman–Crippen MR) is 121 cm³/mol. The monoisotopic (exact) mass is 446 g/mol. The zero-order valence-electron chi connectivity index (χ0n) is 18.3. The Morgan fingerprint density at radius 2 is 1.88 bits per heavy atom. The fraction of sp³-hybridized carbons (Fsp3) is 0.192. The molecule has 2 heterocycles. The van der Waals surface area contributed by atoms with Crippen molar-refractivity contribution in [3.63, 3.8) is 0 Å². The number of carbonyl (C=O) groups excluding carboxylic acids is 2. The molecular formula is C26H23FN2O4. The van der Waals surface area contributed by atoms with Gasteiger partial charge in [0.15, 0.2) is 11.6 Å². The van der Waals surface area contributed by atoms with Gasteiger partial charge in [0.2, 0.25) is 0 Å². The summed E-state index contributed by atoms with van der Waals surface area (Å²) >= 11 is 0. The summed E-state index contributed by atoms with van der Waals surface area (Å²) in [5.41, 5.74) is 2.51. The Morgan fingerprint density at radius 3 is 2.48 bits per heavy atom. The van der Waals surface area contributed by atoms with Gasteiger partial charge in [-0.15, -0.1) is 0 Å². The Hall–Kier alpha value is -4.00. The van der Waals surface area contributed by atoms with Crippen LogP contribution >= 0.6 is 0 Å². The minimum absolute atomic E-state index is 0.00952. The van der Waals surface area contributed by atoms with Crippen molar-refractivity contribution in [2.24, 2.45) is 0 Å². The lowest BCUT2D eigenvalue weighted by Gasteiger charge is -2.25. The van der Waals surface area contributed by atoms with Crippen LogP contribution in [-0.2, 0) is 22.6 Å². The number of methoxy groups -OCH3 is 1. The summed E-state index contributed by atoms with van der Waals surface area (Å²) in [6, 6.07) is 14.1. The molecule has 6 nitrogen and oxygen atoms in total. The molecule has 1 aliphatic rings. The highest BCUT2D eigenvalue weighted by atomic mass is 19.1. The first-order valence-electron chi connectivity index (χ1n) is 10.5. The maximum atomic E-state index is 14.3. The first-order valence-corrected chi connectivity index (χ1v) is 10.5. The number of ketones is 1. The lowest BCUT2D eigenvalue weighted by atomic mass is 9.94. The number of rotatable bonds is 6. The third-order valence-corrected chi connectivity index (χ3v) is 5.74. The molecule has 2 aromatic carbocycles. The highest BCUT2D eigenvalue weighted by Crippen LogP contribution is 2.40. The molecule has 1 saturated heterocycles. The number of benzene rings is 2. The van der Waals surface area contributed by atoms with Gasteiger partial charge in [-0.05, 0) is 47.4 Å². The van der Waals surface area contributed by atoms with Crippen LogP contribution in [-0.4, -0.2) is 33.8 Å². The normalized spacial score (nSPS) is 17.4. The predicted octanol–water partition coefficient (Wildman–Crippen LogP) is 4.41. The van der Waals surface area contributed by atoms with Crippen LogP contribution in [0.3, 0.4) is 0 Å². The molecular weight excluding hydrogens is 423 g/mol. The average molecular weight is 446 g/mol. The molecule has 0 radical (unpaired) electrons. The first kappa shape index (κ1) is 22.2. The molecule has 7 heteroatoms. The third kappa shape index (κ3) is 4.22.